The topological polar surface area (TPSA) is 17.1 Å². The van der Waals surface area contributed by atoms with Gasteiger partial charge < -0.3 is 0 Å². The fraction of sp³-hybridized carbons (Fsp3) is 0.897. The molecule has 0 heterocycles. The van der Waals surface area contributed by atoms with Gasteiger partial charge in [0.15, 0.2) is 0 Å². The maximum Gasteiger partial charge on any atom is 0.138 e. The third-order valence-electron chi connectivity index (χ3n) is 12.2. The van der Waals surface area contributed by atoms with Crippen LogP contribution in [0.2, 0.25) is 0 Å². The van der Waals surface area contributed by atoms with Crippen molar-refractivity contribution in [3.05, 3.63) is 11.6 Å². The van der Waals surface area contributed by atoms with Gasteiger partial charge in [0.1, 0.15) is 5.78 Å². The number of rotatable bonds is 0. The molecule has 5 rings (SSSR count). The predicted molar refractivity (Wildman–Crippen MR) is 125 cm³/mol. The summed E-state index contributed by atoms with van der Waals surface area (Å²) in [6.07, 6.45) is 15.6. The molecule has 0 amide bonds. The van der Waals surface area contributed by atoms with Gasteiger partial charge in [-0.3, -0.25) is 4.79 Å². The maximum absolute atomic E-state index is 12.9. The number of ketones is 1. The van der Waals surface area contributed by atoms with Crippen LogP contribution in [-0.2, 0) is 4.79 Å². The van der Waals surface area contributed by atoms with Crippen LogP contribution >= 0.6 is 0 Å². The Bertz CT molecular complexity index is 786. The average molecular weight is 411 g/mol. The van der Waals surface area contributed by atoms with E-state index in [0.717, 1.165) is 30.6 Å². The molecule has 0 spiro atoms. The van der Waals surface area contributed by atoms with Gasteiger partial charge in [-0.2, -0.15) is 0 Å². The van der Waals surface area contributed by atoms with Crippen molar-refractivity contribution >= 4 is 5.78 Å². The Hall–Kier alpha value is -0.590. The molecule has 168 valence electrons. The third-order valence-corrected chi connectivity index (χ3v) is 12.2. The van der Waals surface area contributed by atoms with E-state index in [1.165, 1.54) is 51.4 Å². The zero-order valence-corrected chi connectivity index (χ0v) is 20.9. The van der Waals surface area contributed by atoms with Crippen molar-refractivity contribution < 1.29 is 4.79 Å². The van der Waals surface area contributed by atoms with E-state index in [9.17, 15) is 4.79 Å². The second kappa shape index (κ2) is 6.26. The first-order chi connectivity index (χ1) is 13.9. The first-order valence-corrected chi connectivity index (χ1v) is 13.1. The van der Waals surface area contributed by atoms with Gasteiger partial charge >= 0.3 is 0 Å². The third kappa shape index (κ3) is 2.56. The summed E-state index contributed by atoms with van der Waals surface area (Å²) in [7, 11) is 0. The molecule has 1 heteroatoms. The van der Waals surface area contributed by atoms with Crippen LogP contribution in [0.4, 0.5) is 0 Å². The molecule has 5 aliphatic rings. The Balaban J connectivity index is 1.56. The summed E-state index contributed by atoms with van der Waals surface area (Å²) in [5, 5.41) is 0. The van der Waals surface area contributed by atoms with Gasteiger partial charge in [-0.05, 0) is 103 Å². The molecule has 0 N–H and O–H groups in total. The summed E-state index contributed by atoms with van der Waals surface area (Å²) < 4.78 is 0. The largest absolute Gasteiger partial charge is 0.299 e. The highest BCUT2D eigenvalue weighted by Gasteiger charge is 2.66. The van der Waals surface area contributed by atoms with E-state index in [2.05, 4.69) is 54.5 Å². The van der Waals surface area contributed by atoms with Crippen LogP contribution in [0, 0.1) is 50.7 Å². The van der Waals surface area contributed by atoms with E-state index in [4.69, 9.17) is 0 Å². The van der Waals surface area contributed by atoms with E-state index < -0.39 is 0 Å². The summed E-state index contributed by atoms with van der Waals surface area (Å²) in [6.45, 7) is 17.5. The Kier molecular flexibility index (Phi) is 4.43. The van der Waals surface area contributed by atoms with Crippen molar-refractivity contribution in [2.75, 3.05) is 0 Å². The highest BCUT2D eigenvalue weighted by molar-refractivity contribution is 5.85. The molecule has 4 fully saturated rings. The number of hydrogen-bond acceptors (Lipinski definition) is 1. The lowest BCUT2D eigenvalue weighted by atomic mass is 9.34. The van der Waals surface area contributed by atoms with Gasteiger partial charge in [-0.25, -0.2) is 0 Å². The normalized spacial score (nSPS) is 51.7. The molecule has 0 saturated heterocycles. The number of Topliss-reactive ketones (excluding diaryl/α,β-unsaturated/α-hetero) is 1. The van der Waals surface area contributed by atoms with Crippen LogP contribution in [-0.4, -0.2) is 5.78 Å². The monoisotopic (exact) mass is 410 g/mol. The molecule has 1 nitrogen and oxygen atoms in total. The average Bonchev–Trinajstić information content (AvgIpc) is 2.65. The molecule has 5 aliphatic carbocycles. The Morgan fingerprint density at radius 1 is 0.833 bits per heavy atom. The minimum atomic E-state index is -0.135. The van der Waals surface area contributed by atoms with E-state index >= 15 is 0 Å². The van der Waals surface area contributed by atoms with Crippen LogP contribution in [0.3, 0.4) is 0 Å². The molecule has 7 atom stereocenters. The van der Waals surface area contributed by atoms with Gasteiger partial charge in [0.2, 0.25) is 0 Å². The second-order valence-corrected chi connectivity index (χ2v) is 14.3. The van der Waals surface area contributed by atoms with E-state index in [1.807, 2.05) is 5.57 Å². The van der Waals surface area contributed by atoms with Crippen molar-refractivity contribution in [2.24, 2.45) is 50.7 Å². The van der Waals surface area contributed by atoms with E-state index in [0.29, 0.717) is 33.4 Å². The molecule has 0 aromatic rings. The summed E-state index contributed by atoms with van der Waals surface area (Å²) >= 11 is 0. The molecule has 0 bridgehead atoms. The van der Waals surface area contributed by atoms with Gasteiger partial charge in [0, 0.05) is 11.8 Å². The standard InChI is InChI=1S/C29H46O/c1-25(2)14-10-19-11-16-28(6)21(20(19)18-25)8-9-23-27(5)15-13-24(30)26(3,4)22(27)12-17-29(23,28)7/h8,19-20,22-23H,9-18H2,1-7H3/t19-,20-,22+,23-,27+,28-,29-/m1/s1. The summed E-state index contributed by atoms with van der Waals surface area (Å²) in [6, 6.07) is 0. The molecule has 0 radical (unpaired) electrons. The minimum absolute atomic E-state index is 0.135. The van der Waals surface area contributed by atoms with Crippen LogP contribution in [0.25, 0.3) is 0 Å². The number of carbonyl (C=O) groups is 1. The van der Waals surface area contributed by atoms with Gasteiger partial charge in [0.25, 0.3) is 0 Å². The van der Waals surface area contributed by atoms with Crippen LogP contribution in [0.5, 0.6) is 0 Å². The first kappa shape index (κ1) is 21.3. The molecule has 0 aromatic carbocycles. The Morgan fingerprint density at radius 2 is 1.53 bits per heavy atom. The SMILES string of the molecule is CC1(C)CC[C@@H]2CC[C@]3(C)C(=CC[C@@H]4[C@@]5(C)CCC(=O)C(C)(C)[C@@H]5CC[C@]43C)[C@@H]2C1. The van der Waals surface area contributed by atoms with Crippen LogP contribution < -0.4 is 0 Å². The zero-order chi connectivity index (χ0) is 21.7. The van der Waals surface area contributed by atoms with Crippen molar-refractivity contribution in [2.45, 2.75) is 113 Å². The lowest BCUT2D eigenvalue weighted by molar-refractivity contribution is -0.181. The lowest BCUT2D eigenvalue weighted by Gasteiger charge is -2.69. The fourth-order valence-corrected chi connectivity index (χ4v) is 10.2. The van der Waals surface area contributed by atoms with Crippen molar-refractivity contribution in [3.8, 4) is 0 Å². The number of allylic oxidation sites excluding steroid dienone is 2. The zero-order valence-electron chi connectivity index (χ0n) is 20.9. The van der Waals surface area contributed by atoms with E-state index in [1.54, 1.807) is 0 Å². The van der Waals surface area contributed by atoms with Crippen molar-refractivity contribution in [1.29, 1.82) is 0 Å². The second-order valence-electron chi connectivity index (χ2n) is 14.3. The lowest BCUT2D eigenvalue weighted by Crippen LogP contribution is -2.63. The predicted octanol–water partition coefficient (Wildman–Crippen LogP) is 7.99. The van der Waals surface area contributed by atoms with Gasteiger partial charge in [0.05, 0.1) is 0 Å². The van der Waals surface area contributed by atoms with Crippen molar-refractivity contribution in [3.63, 3.8) is 0 Å². The molecule has 30 heavy (non-hydrogen) atoms. The van der Waals surface area contributed by atoms with Gasteiger partial charge in [-0.15, -0.1) is 0 Å². The highest BCUT2D eigenvalue weighted by atomic mass is 16.1. The first-order valence-electron chi connectivity index (χ1n) is 13.1. The van der Waals surface area contributed by atoms with E-state index in [-0.39, 0.29) is 5.41 Å². The van der Waals surface area contributed by atoms with Gasteiger partial charge in [-0.1, -0.05) is 60.1 Å². The fourth-order valence-electron chi connectivity index (χ4n) is 10.2. The van der Waals surface area contributed by atoms with Crippen LogP contribution in [0.15, 0.2) is 11.6 Å². The summed E-state index contributed by atoms with van der Waals surface area (Å²) in [5.41, 5.74) is 3.33. The number of hydrogen-bond donors (Lipinski definition) is 0. The summed E-state index contributed by atoms with van der Waals surface area (Å²) in [4.78, 5) is 12.9. The molecule has 4 saturated carbocycles. The summed E-state index contributed by atoms with van der Waals surface area (Å²) in [5.74, 6) is 3.60. The molecule has 0 unspecified atom stereocenters. The molecule has 0 aromatic heterocycles. The number of fused-ring (bicyclic) bond motifs is 7. The Labute approximate surface area is 185 Å². The maximum atomic E-state index is 12.9. The van der Waals surface area contributed by atoms with Crippen LogP contribution in [0.1, 0.15) is 113 Å². The molecular weight excluding hydrogens is 364 g/mol. The van der Waals surface area contributed by atoms with Crippen molar-refractivity contribution in [1.82, 2.24) is 0 Å². The smallest absolute Gasteiger partial charge is 0.138 e. The highest BCUT2D eigenvalue weighted by Crippen LogP contribution is 2.74. The molecular formula is C29H46O. The Morgan fingerprint density at radius 3 is 2.27 bits per heavy atom. The number of carbonyl (C=O) groups excluding carboxylic acids is 1. The quantitative estimate of drug-likeness (QED) is 0.370. The minimum Gasteiger partial charge on any atom is -0.299 e. The molecule has 0 aliphatic heterocycles.